The van der Waals surface area contributed by atoms with Crippen LogP contribution in [0.4, 0.5) is 4.39 Å². The summed E-state index contributed by atoms with van der Waals surface area (Å²) < 4.78 is 17.7. The Morgan fingerprint density at radius 2 is 1.65 bits per heavy atom. The van der Waals surface area contributed by atoms with Crippen molar-refractivity contribution in [1.82, 2.24) is 0 Å². The van der Waals surface area contributed by atoms with Gasteiger partial charge in [-0.15, -0.1) is 0 Å². The van der Waals surface area contributed by atoms with Crippen molar-refractivity contribution in [2.45, 2.75) is 6.92 Å². The highest BCUT2D eigenvalue weighted by molar-refractivity contribution is 6.09. The highest BCUT2D eigenvalue weighted by Gasteiger charge is 2.12. The number of benzene rings is 2. The Kier molecular flexibility index (Phi) is 4.25. The molecule has 0 bridgehead atoms. The van der Waals surface area contributed by atoms with E-state index in [4.69, 9.17) is 4.74 Å². The van der Waals surface area contributed by atoms with Gasteiger partial charge in [0.15, 0.2) is 5.78 Å². The molecule has 0 saturated heterocycles. The van der Waals surface area contributed by atoms with E-state index in [0.29, 0.717) is 16.7 Å². The van der Waals surface area contributed by atoms with Crippen molar-refractivity contribution in [2.75, 3.05) is 6.61 Å². The van der Waals surface area contributed by atoms with Gasteiger partial charge in [0.1, 0.15) is 5.82 Å². The van der Waals surface area contributed by atoms with Crippen LogP contribution in [0.1, 0.15) is 33.2 Å². The molecule has 0 aromatic heterocycles. The van der Waals surface area contributed by atoms with Gasteiger partial charge in [-0.3, -0.25) is 4.79 Å². The molecular formula is C16H13FO3. The number of ether oxygens (including phenoxy) is 1. The minimum absolute atomic E-state index is 0.267. The smallest absolute Gasteiger partial charge is 0.338 e. The van der Waals surface area contributed by atoms with Gasteiger partial charge in [0.25, 0.3) is 0 Å². The molecule has 0 atom stereocenters. The summed E-state index contributed by atoms with van der Waals surface area (Å²) in [6, 6.07) is 11.6. The summed E-state index contributed by atoms with van der Waals surface area (Å²) in [5, 5.41) is 0. The monoisotopic (exact) mass is 272 g/mol. The zero-order chi connectivity index (χ0) is 14.5. The summed E-state index contributed by atoms with van der Waals surface area (Å²) in [5.74, 6) is -1.14. The van der Waals surface area contributed by atoms with Gasteiger partial charge in [0.2, 0.25) is 0 Å². The lowest BCUT2D eigenvalue weighted by atomic mass is 10.0. The summed E-state index contributed by atoms with van der Waals surface area (Å²) in [7, 11) is 0. The summed E-state index contributed by atoms with van der Waals surface area (Å²) in [5.41, 5.74) is 1.05. The van der Waals surface area contributed by atoms with Gasteiger partial charge >= 0.3 is 5.97 Å². The number of rotatable bonds is 4. The van der Waals surface area contributed by atoms with Gasteiger partial charge < -0.3 is 4.74 Å². The third kappa shape index (κ3) is 3.09. The molecule has 0 radical (unpaired) electrons. The van der Waals surface area contributed by atoms with Crippen LogP contribution < -0.4 is 0 Å². The Morgan fingerprint density at radius 3 is 2.30 bits per heavy atom. The van der Waals surface area contributed by atoms with Gasteiger partial charge in [-0.1, -0.05) is 12.1 Å². The Morgan fingerprint density at radius 1 is 1.00 bits per heavy atom. The van der Waals surface area contributed by atoms with E-state index in [1.807, 2.05) is 0 Å². The molecule has 0 amide bonds. The molecule has 0 spiro atoms. The molecule has 0 aliphatic carbocycles. The molecular weight excluding hydrogens is 259 g/mol. The molecule has 2 aromatic carbocycles. The number of halogens is 1. The van der Waals surface area contributed by atoms with Crippen LogP contribution in [0.2, 0.25) is 0 Å². The minimum Gasteiger partial charge on any atom is -0.462 e. The van der Waals surface area contributed by atoms with Crippen LogP contribution in [-0.2, 0) is 4.74 Å². The first-order valence-electron chi connectivity index (χ1n) is 6.19. The zero-order valence-electron chi connectivity index (χ0n) is 10.9. The number of carbonyl (C=O) groups is 2. The van der Waals surface area contributed by atoms with Gasteiger partial charge in [0, 0.05) is 11.1 Å². The highest BCUT2D eigenvalue weighted by Crippen LogP contribution is 2.13. The molecule has 0 unspecified atom stereocenters. The van der Waals surface area contributed by atoms with Gasteiger partial charge in [-0.2, -0.15) is 0 Å². The fraction of sp³-hybridized carbons (Fsp3) is 0.125. The standard InChI is InChI=1S/C16H13FO3/c1-2-20-16(19)13-5-3-4-12(10-13)15(18)11-6-8-14(17)9-7-11/h3-10H,2H2,1H3. The lowest BCUT2D eigenvalue weighted by Crippen LogP contribution is -2.07. The number of hydrogen-bond acceptors (Lipinski definition) is 3. The highest BCUT2D eigenvalue weighted by atomic mass is 19.1. The van der Waals surface area contributed by atoms with Crippen LogP contribution in [0.3, 0.4) is 0 Å². The van der Waals surface area contributed by atoms with E-state index in [1.165, 1.54) is 30.3 Å². The Balaban J connectivity index is 2.28. The summed E-state index contributed by atoms with van der Waals surface area (Å²) >= 11 is 0. The number of carbonyl (C=O) groups excluding carboxylic acids is 2. The topological polar surface area (TPSA) is 43.4 Å². The van der Waals surface area contributed by atoms with E-state index in [2.05, 4.69) is 0 Å². The average molecular weight is 272 g/mol. The van der Waals surface area contributed by atoms with Gasteiger partial charge in [-0.25, -0.2) is 9.18 Å². The molecule has 3 nitrogen and oxygen atoms in total. The van der Waals surface area contributed by atoms with Crippen LogP contribution in [0.15, 0.2) is 48.5 Å². The Bertz CT molecular complexity index is 632. The maximum Gasteiger partial charge on any atom is 0.338 e. The second kappa shape index (κ2) is 6.10. The van der Waals surface area contributed by atoms with Crippen molar-refractivity contribution >= 4 is 11.8 Å². The van der Waals surface area contributed by atoms with E-state index in [0.717, 1.165) is 0 Å². The van der Waals surface area contributed by atoms with Crippen LogP contribution >= 0.6 is 0 Å². The largest absolute Gasteiger partial charge is 0.462 e. The second-order valence-corrected chi connectivity index (χ2v) is 4.14. The predicted octanol–water partition coefficient (Wildman–Crippen LogP) is 3.23. The zero-order valence-corrected chi connectivity index (χ0v) is 10.9. The molecule has 0 N–H and O–H groups in total. The molecule has 0 heterocycles. The van der Waals surface area contributed by atoms with Crippen molar-refractivity contribution in [2.24, 2.45) is 0 Å². The predicted molar refractivity (Wildman–Crippen MR) is 72.2 cm³/mol. The van der Waals surface area contributed by atoms with Crippen molar-refractivity contribution in [3.63, 3.8) is 0 Å². The molecule has 2 aromatic rings. The van der Waals surface area contributed by atoms with Crippen molar-refractivity contribution < 1.29 is 18.7 Å². The first-order chi connectivity index (χ1) is 9.61. The maximum absolute atomic E-state index is 12.8. The fourth-order valence-corrected chi connectivity index (χ4v) is 1.77. The maximum atomic E-state index is 12.8. The molecule has 0 aliphatic rings. The van der Waals surface area contributed by atoms with E-state index < -0.39 is 11.8 Å². The third-order valence-corrected chi connectivity index (χ3v) is 2.74. The third-order valence-electron chi connectivity index (χ3n) is 2.74. The average Bonchev–Trinajstić information content (AvgIpc) is 2.48. The van der Waals surface area contributed by atoms with E-state index in [-0.39, 0.29) is 12.4 Å². The normalized spacial score (nSPS) is 10.1. The number of ketones is 1. The van der Waals surface area contributed by atoms with Crippen LogP contribution in [0.25, 0.3) is 0 Å². The molecule has 102 valence electrons. The fourth-order valence-electron chi connectivity index (χ4n) is 1.77. The van der Waals surface area contributed by atoms with Crippen LogP contribution in [0, 0.1) is 5.82 Å². The molecule has 0 fully saturated rings. The first kappa shape index (κ1) is 13.9. The first-order valence-corrected chi connectivity index (χ1v) is 6.19. The van der Waals surface area contributed by atoms with Gasteiger partial charge in [-0.05, 0) is 43.3 Å². The summed E-state index contributed by atoms with van der Waals surface area (Å²) in [6.45, 7) is 1.99. The van der Waals surface area contributed by atoms with Crippen LogP contribution in [0.5, 0.6) is 0 Å². The molecule has 2 rings (SSSR count). The van der Waals surface area contributed by atoms with Gasteiger partial charge in [0.05, 0.1) is 12.2 Å². The Labute approximate surface area is 116 Å². The van der Waals surface area contributed by atoms with Crippen molar-refractivity contribution in [1.29, 1.82) is 0 Å². The Hall–Kier alpha value is -2.49. The lowest BCUT2D eigenvalue weighted by Gasteiger charge is -2.05. The van der Waals surface area contributed by atoms with Crippen molar-refractivity contribution in [3.8, 4) is 0 Å². The number of esters is 1. The number of hydrogen-bond donors (Lipinski definition) is 0. The molecule has 20 heavy (non-hydrogen) atoms. The summed E-state index contributed by atoms with van der Waals surface area (Å²) in [4.78, 5) is 23.8. The molecule has 0 saturated carbocycles. The van der Waals surface area contributed by atoms with Crippen LogP contribution in [-0.4, -0.2) is 18.4 Å². The van der Waals surface area contributed by atoms with E-state index >= 15 is 0 Å². The summed E-state index contributed by atoms with van der Waals surface area (Å²) in [6.07, 6.45) is 0. The minimum atomic E-state index is -0.471. The SMILES string of the molecule is CCOC(=O)c1cccc(C(=O)c2ccc(F)cc2)c1. The second-order valence-electron chi connectivity index (χ2n) is 4.14. The lowest BCUT2D eigenvalue weighted by molar-refractivity contribution is 0.0526. The van der Waals surface area contributed by atoms with Crippen molar-refractivity contribution in [3.05, 3.63) is 71.0 Å². The van der Waals surface area contributed by atoms with E-state index in [1.54, 1.807) is 25.1 Å². The molecule has 0 aliphatic heterocycles. The quantitative estimate of drug-likeness (QED) is 0.634. The van der Waals surface area contributed by atoms with E-state index in [9.17, 15) is 14.0 Å². The molecule has 4 heteroatoms.